The van der Waals surface area contributed by atoms with Crippen LogP contribution < -0.4 is 0 Å². The van der Waals surface area contributed by atoms with E-state index >= 15 is 0 Å². The monoisotopic (exact) mass is 198 g/mol. The van der Waals surface area contributed by atoms with Gasteiger partial charge in [0, 0.05) is 12.5 Å². The molecule has 4 nitrogen and oxygen atoms in total. The molecule has 1 aliphatic carbocycles. The normalized spacial score (nSPS) is 21.7. The summed E-state index contributed by atoms with van der Waals surface area (Å²) in [5, 5.41) is 0. The summed E-state index contributed by atoms with van der Waals surface area (Å²) < 4.78 is 9.74. The second kappa shape index (κ2) is 5.54. The second-order valence-electron chi connectivity index (χ2n) is 3.15. The highest BCUT2D eigenvalue weighted by Gasteiger charge is 2.22. The van der Waals surface area contributed by atoms with Gasteiger partial charge in [-0.25, -0.2) is 4.79 Å². The minimum atomic E-state index is -0.534. The number of esters is 1. The Bertz CT molecular complexity index is 234. The maximum absolute atomic E-state index is 11.3. The van der Waals surface area contributed by atoms with E-state index < -0.39 is 5.97 Å². The van der Waals surface area contributed by atoms with E-state index in [9.17, 15) is 9.59 Å². The van der Waals surface area contributed by atoms with Crippen LogP contribution in [0.4, 0.5) is 0 Å². The Morgan fingerprint density at radius 1 is 1.57 bits per heavy atom. The highest BCUT2D eigenvalue weighted by atomic mass is 16.7. The lowest BCUT2D eigenvalue weighted by Crippen LogP contribution is -2.28. The van der Waals surface area contributed by atoms with Crippen LogP contribution in [0.15, 0.2) is 12.7 Å². The minimum Gasteiger partial charge on any atom is -0.435 e. The molecule has 0 aromatic carbocycles. The molecule has 0 aromatic rings. The van der Waals surface area contributed by atoms with E-state index in [0.717, 1.165) is 25.3 Å². The quantitative estimate of drug-likeness (QED) is 0.387. The van der Waals surface area contributed by atoms with Crippen molar-refractivity contribution in [1.29, 1.82) is 0 Å². The first-order valence-electron chi connectivity index (χ1n) is 4.67. The first-order valence-corrected chi connectivity index (χ1v) is 4.67. The van der Waals surface area contributed by atoms with Crippen LogP contribution in [-0.4, -0.2) is 24.6 Å². The Labute approximate surface area is 82.9 Å². The third-order valence-electron chi connectivity index (χ3n) is 2.14. The Morgan fingerprint density at radius 2 is 2.36 bits per heavy atom. The largest absolute Gasteiger partial charge is 0.435 e. The molecule has 1 aliphatic rings. The molecular weight excluding hydrogens is 184 g/mol. The number of carbonyl (C=O) groups excluding carboxylic acids is 2. The third-order valence-corrected chi connectivity index (χ3v) is 2.14. The molecule has 78 valence electrons. The van der Waals surface area contributed by atoms with Gasteiger partial charge in [0.25, 0.3) is 0 Å². The first-order chi connectivity index (χ1) is 6.74. The van der Waals surface area contributed by atoms with Crippen LogP contribution in [0, 0.1) is 0 Å². The predicted octanol–water partition coefficient (Wildman–Crippen LogP) is 1.20. The van der Waals surface area contributed by atoms with Crippen LogP contribution in [0.5, 0.6) is 0 Å². The molecule has 14 heavy (non-hydrogen) atoms. The van der Waals surface area contributed by atoms with Crippen LogP contribution in [-0.2, 0) is 19.1 Å². The van der Waals surface area contributed by atoms with Crippen molar-refractivity contribution in [2.75, 3.05) is 6.79 Å². The number of ketones is 1. The lowest BCUT2D eigenvalue weighted by molar-refractivity contribution is -0.161. The molecule has 0 bridgehead atoms. The fourth-order valence-electron chi connectivity index (χ4n) is 1.36. The SMILES string of the molecule is C=CC(=O)OCOC1CCCCC1=O. The maximum atomic E-state index is 11.3. The van der Waals surface area contributed by atoms with Crippen LogP contribution in [0.25, 0.3) is 0 Å². The summed E-state index contributed by atoms with van der Waals surface area (Å²) in [6, 6.07) is 0. The second-order valence-corrected chi connectivity index (χ2v) is 3.15. The number of rotatable bonds is 4. The van der Waals surface area contributed by atoms with E-state index in [-0.39, 0.29) is 18.7 Å². The lowest BCUT2D eigenvalue weighted by atomic mass is 9.96. The van der Waals surface area contributed by atoms with Gasteiger partial charge in [-0.2, -0.15) is 0 Å². The van der Waals surface area contributed by atoms with Crippen molar-refractivity contribution in [1.82, 2.24) is 0 Å². The van der Waals surface area contributed by atoms with E-state index in [2.05, 4.69) is 11.3 Å². The van der Waals surface area contributed by atoms with Crippen LogP contribution in [0.1, 0.15) is 25.7 Å². The molecule has 1 saturated carbocycles. The van der Waals surface area contributed by atoms with Crippen molar-refractivity contribution in [2.24, 2.45) is 0 Å². The summed E-state index contributed by atoms with van der Waals surface area (Å²) in [6.07, 6.45) is 3.90. The zero-order chi connectivity index (χ0) is 10.4. The van der Waals surface area contributed by atoms with Crippen LogP contribution >= 0.6 is 0 Å². The molecule has 1 atom stereocenters. The van der Waals surface area contributed by atoms with Gasteiger partial charge in [-0.3, -0.25) is 4.79 Å². The average Bonchev–Trinajstić information content (AvgIpc) is 2.20. The van der Waals surface area contributed by atoms with E-state index in [1.54, 1.807) is 0 Å². The predicted molar refractivity (Wildman–Crippen MR) is 49.5 cm³/mol. The molecule has 0 saturated heterocycles. The summed E-state index contributed by atoms with van der Waals surface area (Å²) in [5.41, 5.74) is 0. The van der Waals surface area contributed by atoms with Gasteiger partial charge in [0.1, 0.15) is 6.10 Å². The smallest absolute Gasteiger partial charge is 0.332 e. The van der Waals surface area contributed by atoms with Gasteiger partial charge in [-0.1, -0.05) is 6.58 Å². The van der Waals surface area contributed by atoms with Crippen LogP contribution in [0.3, 0.4) is 0 Å². The van der Waals surface area contributed by atoms with Gasteiger partial charge in [0.2, 0.25) is 0 Å². The zero-order valence-electron chi connectivity index (χ0n) is 8.03. The lowest BCUT2D eigenvalue weighted by Gasteiger charge is -2.20. The molecule has 1 fully saturated rings. The molecule has 0 amide bonds. The molecule has 1 unspecified atom stereocenters. The molecule has 0 spiro atoms. The Hall–Kier alpha value is -1.16. The van der Waals surface area contributed by atoms with Crippen molar-refractivity contribution in [3.63, 3.8) is 0 Å². The Balaban J connectivity index is 2.19. The first kappa shape index (κ1) is 10.9. The number of carbonyl (C=O) groups is 2. The highest BCUT2D eigenvalue weighted by molar-refractivity contribution is 5.83. The Morgan fingerprint density at radius 3 is 3.00 bits per heavy atom. The van der Waals surface area contributed by atoms with Gasteiger partial charge in [-0.05, 0) is 19.3 Å². The number of ether oxygens (including phenoxy) is 2. The van der Waals surface area contributed by atoms with Gasteiger partial charge < -0.3 is 9.47 Å². The van der Waals surface area contributed by atoms with Crippen molar-refractivity contribution < 1.29 is 19.1 Å². The zero-order valence-corrected chi connectivity index (χ0v) is 8.03. The third kappa shape index (κ3) is 3.30. The molecule has 0 aromatic heterocycles. The Kier molecular flexibility index (Phi) is 4.32. The van der Waals surface area contributed by atoms with Gasteiger partial charge in [-0.15, -0.1) is 0 Å². The summed E-state index contributed by atoms with van der Waals surface area (Å²) in [4.78, 5) is 21.9. The molecular formula is C10H14O4. The number of hydrogen-bond donors (Lipinski definition) is 0. The van der Waals surface area contributed by atoms with Crippen molar-refractivity contribution >= 4 is 11.8 Å². The van der Waals surface area contributed by atoms with Crippen LogP contribution in [0.2, 0.25) is 0 Å². The fourth-order valence-corrected chi connectivity index (χ4v) is 1.36. The standard InChI is InChI=1S/C10H14O4/c1-2-10(12)14-7-13-9-6-4-3-5-8(9)11/h2,9H,1,3-7H2. The number of Topliss-reactive ketones (excluding diaryl/α,β-unsaturated/α-hetero) is 1. The fraction of sp³-hybridized carbons (Fsp3) is 0.600. The van der Waals surface area contributed by atoms with Crippen molar-refractivity contribution in [3.8, 4) is 0 Å². The highest BCUT2D eigenvalue weighted by Crippen LogP contribution is 2.17. The molecule has 0 radical (unpaired) electrons. The maximum Gasteiger partial charge on any atom is 0.332 e. The summed E-state index contributed by atoms with van der Waals surface area (Å²) in [5.74, 6) is -0.431. The molecule has 0 N–H and O–H groups in total. The van der Waals surface area contributed by atoms with Gasteiger partial charge in [0.05, 0.1) is 0 Å². The minimum absolute atomic E-state index is 0.103. The molecule has 1 rings (SSSR count). The van der Waals surface area contributed by atoms with E-state index in [1.165, 1.54) is 0 Å². The van der Waals surface area contributed by atoms with E-state index in [0.29, 0.717) is 6.42 Å². The summed E-state index contributed by atoms with van der Waals surface area (Å²) in [6.45, 7) is 3.08. The van der Waals surface area contributed by atoms with Gasteiger partial charge in [0.15, 0.2) is 12.6 Å². The van der Waals surface area contributed by atoms with E-state index in [1.807, 2.05) is 0 Å². The number of hydrogen-bond acceptors (Lipinski definition) is 4. The summed E-state index contributed by atoms with van der Waals surface area (Å²) >= 11 is 0. The topological polar surface area (TPSA) is 52.6 Å². The van der Waals surface area contributed by atoms with Crippen molar-refractivity contribution in [2.45, 2.75) is 31.8 Å². The van der Waals surface area contributed by atoms with Gasteiger partial charge >= 0.3 is 5.97 Å². The van der Waals surface area contributed by atoms with E-state index in [4.69, 9.17) is 4.74 Å². The van der Waals surface area contributed by atoms with Crippen molar-refractivity contribution in [3.05, 3.63) is 12.7 Å². The molecule has 4 heteroatoms. The summed E-state index contributed by atoms with van der Waals surface area (Å²) in [7, 11) is 0. The molecule has 0 aliphatic heterocycles. The average molecular weight is 198 g/mol. The molecule has 0 heterocycles.